The molecule has 260 valence electrons. The van der Waals surface area contributed by atoms with Gasteiger partial charge in [-0.3, -0.25) is 4.79 Å². The van der Waals surface area contributed by atoms with E-state index < -0.39 is 29.6 Å². The number of carbonyl (C=O) groups is 3. The van der Waals surface area contributed by atoms with Crippen LogP contribution < -0.4 is 20.1 Å². The van der Waals surface area contributed by atoms with Gasteiger partial charge in [0, 0.05) is 24.8 Å². The summed E-state index contributed by atoms with van der Waals surface area (Å²) < 4.78 is 23.2. The van der Waals surface area contributed by atoms with Gasteiger partial charge >= 0.3 is 18.0 Å². The van der Waals surface area contributed by atoms with E-state index in [4.69, 9.17) is 23.9 Å². The number of amides is 1. The molecular weight excluding hydrogens is 614 g/mol. The van der Waals surface area contributed by atoms with E-state index in [2.05, 4.69) is 29.4 Å². The fourth-order valence-electron chi connectivity index (χ4n) is 6.84. The zero-order valence-electron chi connectivity index (χ0n) is 28.3. The van der Waals surface area contributed by atoms with Gasteiger partial charge in [0.15, 0.2) is 0 Å². The van der Waals surface area contributed by atoms with Gasteiger partial charge in [0.2, 0.25) is 5.88 Å². The Hall–Kier alpha value is -4.04. The summed E-state index contributed by atoms with van der Waals surface area (Å²) in [6, 6.07) is 6.37. The lowest BCUT2D eigenvalue weighted by atomic mass is 9.70. The van der Waals surface area contributed by atoms with Crippen molar-refractivity contribution in [3.05, 3.63) is 29.8 Å². The molecule has 0 unspecified atom stereocenters. The fourth-order valence-corrected chi connectivity index (χ4v) is 6.84. The zero-order valence-corrected chi connectivity index (χ0v) is 28.3. The molecular formula is C37H49N3O8. The molecule has 0 spiro atoms. The van der Waals surface area contributed by atoms with E-state index >= 15 is 0 Å². The minimum absolute atomic E-state index is 0.205. The number of esters is 1. The maximum atomic E-state index is 12.6. The van der Waals surface area contributed by atoms with Gasteiger partial charge < -0.3 is 34.7 Å². The predicted molar refractivity (Wildman–Crippen MR) is 180 cm³/mol. The van der Waals surface area contributed by atoms with Crippen LogP contribution in [0.4, 0.5) is 4.79 Å². The first-order chi connectivity index (χ1) is 23.2. The molecule has 1 aliphatic heterocycles. The Bertz CT molecular complexity index is 1510. The Kier molecular flexibility index (Phi) is 12.0. The normalized spacial score (nSPS) is 23.3. The molecule has 3 fully saturated rings. The zero-order chi connectivity index (χ0) is 34.1. The van der Waals surface area contributed by atoms with Crippen molar-refractivity contribution in [2.24, 2.45) is 11.3 Å². The quantitative estimate of drug-likeness (QED) is 0.130. The first-order valence-corrected chi connectivity index (χ1v) is 17.4. The van der Waals surface area contributed by atoms with Crippen LogP contribution in [-0.4, -0.2) is 72.7 Å². The first kappa shape index (κ1) is 35.3. The summed E-state index contributed by atoms with van der Waals surface area (Å²) in [6.07, 6.45) is 8.83. The van der Waals surface area contributed by atoms with E-state index in [1.165, 1.54) is 7.11 Å². The summed E-state index contributed by atoms with van der Waals surface area (Å²) in [4.78, 5) is 41.5. The molecule has 0 bridgehead atoms. The number of carboxylic acids is 1. The number of carboxylic acid groups (broad SMARTS) is 1. The molecule has 3 N–H and O–H groups in total. The number of benzene rings is 1. The van der Waals surface area contributed by atoms with E-state index in [0.717, 1.165) is 75.1 Å². The Morgan fingerprint density at radius 3 is 2.69 bits per heavy atom. The molecule has 1 saturated heterocycles. The van der Waals surface area contributed by atoms with Crippen molar-refractivity contribution in [1.82, 2.24) is 15.6 Å². The number of methoxy groups -OCH3 is 1. The Labute approximate surface area is 282 Å². The van der Waals surface area contributed by atoms with E-state index in [-0.39, 0.29) is 24.1 Å². The molecule has 2 aromatic rings. The summed E-state index contributed by atoms with van der Waals surface area (Å²) in [6.45, 7) is 5.08. The Morgan fingerprint density at radius 2 is 1.94 bits per heavy atom. The molecule has 3 aliphatic rings. The number of nitrogens with zero attached hydrogens (tertiary/aromatic N) is 1. The lowest BCUT2D eigenvalue weighted by molar-refractivity contribution is -0.144. The molecule has 48 heavy (non-hydrogen) atoms. The van der Waals surface area contributed by atoms with Gasteiger partial charge in [-0.2, -0.15) is 0 Å². The predicted octanol–water partition coefficient (Wildman–Crippen LogP) is 5.76. The molecule has 11 nitrogen and oxygen atoms in total. The van der Waals surface area contributed by atoms with Crippen molar-refractivity contribution in [3.63, 3.8) is 0 Å². The average molecular weight is 664 g/mol. The second-order valence-electron chi connectivity index (χ2n) is 13.6. The highest BCUT2D eigenvalue weighted by atomic mass is 16.6. The third-order valence-corrected chi connectivity index (χ3v) is 9.82. The highest BCUT2D eigenvalue weighted by Crippen LogP contribution is 2.41. The number of ether oxygens (including phenoxy) is 4. The van der Waals surface area contributed by atoms with Gasteiger partial charge in [-0.1, -0.05) is 63.5 Å². The maximum Gasteiger partial charge on any atom is 0.408 e. The summed E-state index contributed by atoms with van der Waals surface area (Å²) in [5, 5.41) is 16.5. The van der Waals surface area contributed by atoms with Crippen LogP contribution >= 0.6 is 0 Å². The lowest BCUT2D eigenvalue weighted by Crippen LogP contribution is -2.52. The van der Waals surface area contributed by atoms with Gasteiger partial charge in [0.1, 0.15) is 35.6 Å². The number of nitrogens with one attached hydrogen (secondary N) is 2. The smallest absolute Gasteiger partial charge is 0.408 e. The number of unbranched alkanes of at least 4 members (excludes halogenated alkanes) is 2. The van der Waals surface area contributed by atoms with Crippen LogP contribution in [0, 0.1) is 23.2 Å². The molecule has 5 rings (SSSR count). The molecule has 2 aliphatic carbocycles. The van der Waals surface area contributed by atoms with Gasteiger partial charge in [0.05, 0.1) is 19.2 Å². The van der Waals surface area contributed by atoms with Crippen molar-refractivity contribution < 1.29 is 38.4 Å². The van der Waals surface area contributed by atoms with Crippen LogP contribution in [0.5, 0.6) is 11.6 Å². The van der Waals surface area contributed by atoms with Crippen molar-refractivity contribution in [3.8, 4) is 23.5 Å². The number of alkyl carbamates (subject to hydrolysis) is 1. The van der Waals surface area contributed by atoms with Crippen LogP contribution in [-0.2, 0) is 19.1 Å². The van der Waals surface area contributed by atoms with Crippen molar-refractivity contribution in [1.29, 1.82) is 0 Å². The van der Waals surface area contributed by atoms with Crippen LogP contribution in [0.15, 0.2) is 24.3 Å². The molecule has 1 amide bonds. The second kappa shape index (κ2) is 16.4. The number of fused-ring (bicyclic) bond motifs is 1. The molecule has 0 radical (unpaired) electrons. The Balaban J connectivity index is 1.20. The van der Waals surface area contributed by atoms with E-state index in [1.807, 2.05) is 31.2 Å². The standard InChI is InChI=1S/C37H49N3O8/c1-4-5-20-46-31-26-15-10-11-17-28(26)39-33(47-25-22-29(38-23-25)35(43)45-3)27(31)16-9-6-8-14-24-21-30(24)48-36(44)40-32(34(41)42)37(2)18-12-7-13-19-37/h10-11,15,17,24-25,29-30,32,38H,4-8,12-14,18-23H2,1-3H3,(H,40,44)(H,41,42)/t24-,25-,29+,30-,32-/m1/s1. The van der Waals surface area contributed by atoms with Gasteiger partial charge in [-0.05, 0) is 62.0 Å². The molecule has 1 aromatic carbocycles. The summed E-state index contributed by atoms with van der Waals surface area (Å²) in [7, 11) is 1.37. The van der Waals surface area contributed by atoms with Crippen LogP contribution in [0.2, 0.25) is 0 Å². The topological polar surface area (TPSA) is 145 Å². The van der Waals surface area contributed by atoms with Crippen molar-refractivity contribution >= 4 is 28.9 Å². The van der Waals surface area contributed by atoms with E-state index in [0.29, 0.717) is 43.2 Å². The number of para-hydroxylation sites is 1. The third-order valence-electron chi connectivity index (χ3n) is 9.82. The molecule has 2 heterocycles. The number of hydrogen-bond donors (Lipinski definition) is 3. The number of hydrogen-bond acceptors (Lipinski definition) is 9. The summed E-state index contributed by atoms with van der Waals surface area (Å²) in [5.41, 5.74) is 0.873. The van der Waals surface area contributed by atoms with Crippen molar-refractivity contribution in [2.45, 2.75) is 115 Å². The molecule has 1 aromatic heterocycles. The highest BCUT2D eigenvalue weighted by molar-refractivity contribution is 5.89. The molecule has 11 heteroatoms. The van der Waals surface area contributed by atoms with Crippen LogP contribution in [0.25, 0.3) is 10.9 Å². The highest BCUT2D eigenvalue weighted by Gasteiger charge is 2.44. The minimum atomic E-state index is -1.01. The van der Waals surface area contributed by atoms with Gasteiger partial charge in [-0.15, -0.1) is 0 Å². The summed E-state index contributed by atoms with van der Waals surface area (Å²) in [5.74, 6) is 6.52. The third kappa shape index (κ3) is 8.90. The number of rotatable bonds is 14. The van der Waals surface area contributed by atoms with Crippen molar-refractivity contribution in [2.75, 3.05) is 20.3 Å². The largest absolute Gasteiger partial charge is 0.491 e. The number of aromatic nitrogens is 1. The summed E-state index contributed by atoms with van der Waals surface area (Å²) >= 11 is 0. The second-order valence-corrected chi connectivity index (χ2v) is 13.6. The monoisotopic (exact) mass is 663 g/mol. The maximum absolute atomic E-state index is 12.6. The molecule has 2 saturated carbocycles. The van der Waals surface area contributed by atoms with Gasteiger partial charge in [0.25, 0.3) is 0 Å². The number of aliphatic carboxylic acids is 1. The lowest BCUT2D eigenvalue weighted by Gasteiger charge is -2.38. The molecule has 5 atom stereocenters. The number of carbonyl (C=O) groups excluding carboxylic acids is 2. The van der Waals surface area contributed by atoms with E-state index in [1.54, 1.807) is 0 Å². The minimum Gasteiger partial charge on any atom is -0.491 e. The van der Waals surface area contributed by atoms with Crippen LogP contribution in [0.3, 0.4) is 0 Å². The van der Waals surface area contributed by atoms with E-state index in [9.17, 15) is 19.5 Å². The Morgan fingerprint density at radius 1 is 1.15 bits per heavy atom. The van der Waals surface area contributed by atoms with Gasteiger partial charge in [-0.25, -0.2) is 14.6 Å². The van der Waals surface area contributed by atoms with Crippen LogP contribution in [0.1, 0.15) is 96.5 Å². The fraction of sp³-hybridized carbons (Fsp3) is 0.622. The SMILES string of the molecule is CCCCOc1c(C#CCCC[C@@H]2C[C@H]2OC(=O)N[C@H](C(=O)O)C2(C)CCCCC2)c(O[C@H]2CN[C@H](C(=O)OC)C2)nc2ccccc12. The average Bonchev–Trinajstić information content (AvgIpc) is 3.63. The number of pyridine rings is 1. The first-order valence-electron chi connectivity index (χ1n) is 17.4.